The number of anilines is 1. The van der Waals surface area contributed by atoms with Gasteiger partial charge in [-0.25, -0.2) is 0 Å². The van der Waals surface area contributed by atoms with E-state index in [1.807, 2.05) is 31.2 Å². The number of nitrogens with zero attached hydrogens (tertiary/aromatic N) is 1. The number of alkyl halides is 2. The van der Waals surface area contributed by atoms with Crippen LogP contribution in [-0.4, -0.2) is 21.5 Å². The van der Waals surface area contributed by atoms with Gasteiger partial charge in [0, 0.05) is 9.65 Å². The van der Waals surface area contributed by atoms with Crippen molar-refractivity contribution in [2.75, 3.05) is 4.90 Å². The van der Waals surface area contributed by atoms with Gasteiger partial charge in [0.2, 0.25) is 11.8 Å². The van der Waals surface area contributed by atoms with Gasteiger partial charge in [-0.05, 0) is 31.9 Å². The lowest BCUT2D eigenvalue weighted by Crippen LogP contribution is -2.34. The Morgan fingerprint density at radius 2 is 1.40 bits per heavy atom. The molecule has 2 amide bonds. The molecule has 3 rings (SSSR count). The molecule has 0 N–H and O–H groups in total. The number of fused-ring (bicyclic) bond motifs is 1. The Labute approximate surface area is 135 Å². The minimum atomic E-state index is -0.179. The van der Waals surface area contributed by atoms with E-state index in [1.165, 1.54) is 4.90 Å². The van der Waals surface area contributed by atoms with Crippen molar-refractivity contribution >= 4 is 49.4 Å². The molecule has 3 nitrogen and oxygen atoms in total. The number of hydrogen-bond donors (Lipinski definition) is 0. The van der Waals surface area contributed by atoms with Crippen molar-refractivity contribution in [3.05, 3.63) is 29.8 Å². The summed E-state index contributed by atoms with van der Waals surface area (Å²) in [6.07, 6.45) is 1.43. The summed E-state index contributed by atoms with van der Waals surface area (Å²) in [6.45, 7) is 1.99. The Morgan fingerprint density at radius 1 is 0.950 bits per heavy atom. The van der Waals surface area contributed by atoms with E-state index in [4.69, 9.17) is 0 Å². The molecule has 5 heteroatoms. The minimum Gasteiger partial charge on any atom is -0.274 e. The third-order valence-corrected chi connectivity index (χ3v) is 6.94. The second-order valence-electron chi connectivity index (χ2n) is 5.56. The van der Waals surface area contributed by atoms with Crippen molar-refractivity contribution in [3.63, 3.8) is 0 Å². The molecule has 1 heterocycles. The summed E-state index contributed by atoms with van der Waals surface area (Å²) in [5.41, 5.74) is 1.81. The van der Waals surface area contributed by atoms with E-state index < -0.39 is 0 Å². The number of halogens is 2. The lowest BCUT2D eigenvalue weighted by atomic mass is 9.81. The molecule has 20 heavy (non-hydrogen) atoms. The Morgan fingerprint density at radius 3 is 1.85 bits per heavy atom. The summed E-state index contributed by atoms with van der Waals surface area (Å²) in [4.78, 5) is 27.0. The standard InChI is InChI=1S/C15H15Br2NO2/c1-8-2-4-9(5-3-8)18-14(19)10-6-12(16)13(17)7-11(10)15(18)20/h2-5,10-13H,6-7H2,1H3/t10-,11+,12-,13-/m0/s1. The van der Waals surface area contributed by atoms with Crippen molar-refractivity contribution < 1.29 is 9.59 Å². The van der Waals surface area contributed by atoms with Crippen molar-refractivity contribution in [2.24, 2.45) is 11.8 Å². The third-order valence-electron chi connectivity index (χ3n) is 4.20. The summed E-state index contributed by atoms with van der Waals surface area (Å²) < 4.78 is 0. The average molecular weight is 401 g/mol. The number of benzene rings is 1. The fourth-order valence-corrected chi connectivity index (χ4v) is 4.28. The molecular formula is C15H15Br2NO2. The maximum absolute atomic E-state index is 12.6. The number of imide groups is 1. The van der Waals surface area contributed by atoms with E-state index in [9.17, 15) is 9.59 Å². The number of carbonyl (C=O) groups is 2. The van der Waals surface area contributed by atoms with Crippen LogP contribution in [0.3, 0.4) is 0 Å². The molecule has 2 aliphatic rings. The molecule has 0 spiro atoms. The summed E-state index contributed by atoms with van der Waals surface area (Å²) in [5.74, 6) is -0.454. The van der Waals surface area contributed by atoms with Gasteiger partial charge in [0.1, 0.15) is 0 Å². The molecule has 4 atom stereocenters. The topological polar surface area (TPSA) is 37.4 Å². The summed E-state index contributed by atoms with van der Waals surface area (Å²) in [6, 6.07) is 7.55. The predicted octanol–water partition coefficient (Wildman–Crippen LogP) is 3.42. The van der Waals surface area contributed by atoms with E-state index >= 15 is 0 Å². The molecule has 1 saturated carbocycles. The summed E-state index contributed by atoms with van der Waals surface area (Å²) in [5, 5.41) is 0. The number of aryl methyl sites for hydroxylation is 1. The maximum Gasteiger partial charge on any atom is 0.237 e. The van der Waals surface area contributed by atoms with E-state index in [0.717, 1.165) is 5.56 Å². The first-order valence-corrected chi connectivity index (χ1v) is 8.55. The van der Waals surface area contributed by atoms with Gasteiger partial charge in [-0.1, -0.05) is 49.6 Å². The molecular weight excluding hydrogens is 386 g/mol. The molecule has 1 aliphatic heterocycles. The normalized spacial score (nSPS) is 33.5. The molecule has 0 radical (unpaired) electrons. The van der Waals surface area contributed by atoms with Crippen LogP contribution in [0.15, 0.2) is 24.3 Å². The molecule has 1 aliphatic carbocycles. The zero-order valence-electron chi connectivity index (χ0n) is 11.1. The van der Waals surface area contributed by atoms with Crippen LogP contribution in [0.25, 0.3) is 0 Å². The number of hydrogen-bond acceptors (Lipinski definition) is 2. The monoisotopic (exact) mass is 399 g/mol. The Hall–Kier alpha value is -0.680. The van der Waals surface area contributed by atoms with Crippen LogP contribution in [0.2, 0.25) is 0 Å². The van der Waals surface area contributed by atoms with Crippen LogP contribution in [0, 0.1) is 18.8 Å². The third kappa shape index (κ3) is 2.25. The first-order chi connectivity index (χ1) is 9.49. The zero-order chi connectivity index (χ0) is 14.4. The SMILES string of the molecule is Cc1ccc(N2C(=O)[C@H]3C[C@H](Br)[C@@H](Br)C[C@H]3C2=O)cc1. The number of carbonyl (C=O) groups excluding carboxylic acids is 2. The van der Waals surface area contributed by atoms with Crippen LogP contribution in [0.1, 0.15) is 18.4 Å². The van der Waals surface area contributed by atoms with Gasteiger partial charge in [-0.2, -0.15) is 0 Å². The molecule has 1 aromatic rings. The van der Waals surface area contributed by atoms with Crippen LogP contribution in [-0.2, 0) is 9.59 Å². The molecule has 0 aromatic heterocycles. The van der Waals surface area contributed by atoms with Gasteiger partial charge in [0.15, 0.2) is 0 Å². The first kappa shape index (κ1) is 14.3. The maximum atomic E-state index is 12.6. The van der Waals surface area contributed by atoms with E-state index in [1.54, 1.807) is 0 Å². The lowest BCUT2D eigenvalue weighted by molar-refractivity contribution is -0.122. The van der Waals surface area contributed by atoms with Gasteiger partial charge >= 0.3 is 0 Å². The summed E-state index contributed by atoms with van der Waals surface area (Å²) >= 11 is 7.19. The molecule has 1 saturated heterocycles. The number of rotatable bonds is 1. The molecule has 1 aromatic carbocycles. The van der Waals surface area contributed by atoms with Crippen molar-refractivity contribution in [2.45, 2.75) is 29.4 Å². The van der Waals surface area contributed by atoms with Crippen LogP contribution >= 0.6 is 31.9 Å². The lowest BCUT2D eigenvalue weighted by Gasteiger charge is -2.29. The fourth-order valence-electron chi connectivity index (χ4n) is 3.04. The Kier molecular flexibility index (Phi) is 3.75. The first-order valence-electron chi connectivity index (χ1n) is 6.71. The van der Waals surface area contributed by atoms with Gasteiger partial charge in [-0.3, -0.25) is 14.5 Å². The van der Waals surface area contributed by atoms with Crippen LogP contribution in [0.5, 0.6) is 0 Å². The quantitative estimate of drug-likeness (QED) is 0.535. The second-order valence-corrected chi connectivity index (χ2v) is 7.92. The average Bonchev–Trinajstić information content (AvgIpc) is 2.65. The highest BCUT2D eigenvalue weighted by atomic mass is 79.9. The van der Waals surface area contributed by atoms with Crippen molar-refractivity contribution in [1.29, 1.82) is 0 Å². The highest BCUT2D eigenvalue weighted by molar-refractivity contribution is 9.12. The second kappa shape index (κ2) is 5.26. The van der Waals surface area contributed by atoms with Crippen LogP contribution in [0.4, 0.5) is 5.69 Å². The smallest absolute Gasteiger partial charge is 0.237 e. The van der Waals surface area contributed by atoms with Crippen molar-refractivity contribution in [1.82, 2.24) is 0 Å². The van der Waals surface area contributed by atoms with E-state index in [0.29, 0.717) is 18.5 Å². The van der Waals surface area contributed by atoms with Gasteiger partial charge in [-0.15, -0.1) is 0 Å². The van der Waals surface area contributed by atoms with E-state index in [2.05, 4.69) is 31.9 Å². The van der Waals surface area contributed by atoms with E-state index in [-0.39, 0.29) is 33.3 Å². The zero-order valence-corrected chi connectivity index (χ0v) is 14.2. The molecule has 2 fully saturated rings. The van der Waals surface area contributed by atoms with Crippen LogP contribution < -0.4 is 4.90 Å². The van der Waals surface area contributed by atoms with Gasteiger partial charge in [0.05, 0.1) is 17.5 Å². The molecule has 0 bridgehead atoms. The van der Waals surface area contributed by atoms with Gasteiger partial charge < -0.3 is 0 Å². The highest BCUT2D eigenvalue weighted by Crippen LogP contribution is 2.44. The molecule has 0 unspecified atom stereocenters. The molecule has 106 valence electrons. The Balaban J connectivity index is 1.93. The minimum absolute atomic E-state index is 0.0484. The fraction of sp³-hybridized carbons (Fsp3) is 0.467. The number of amides is 2. The predicted molar refractivity (Wildman–Crippen MR) is 85.3 cm³/mol. The Bertz CT molecular complexity index is 529. The highest BCUT2D eigenvalue weighted by Gasteiger charge is 2.52. The van der Waals surface area contributed by atoms with Gasteiger partial charge in [0.25, 0.3) is 0 Å². The largest absolute Gasteiger partial charge is 0.274 e. The summed E-state index contributed by atoms with van der Waals surface area (Å²) in [7, 11) is 0. The van der Waals surface area contributed by atoms with Crippen molar-refractivity contribution in [3.8, 4) is 0 Å².